The molecule has 0 spiro atoms. The molecule has 0 bridgehead atoms. The van der Waals surface area contributed by atoms with Crippen molar-refractivity contribution < 1.29 is 5.11 Å². The third-order valence-corrected chi connectivity index (χ3v) is 4.01. The Hall–Kier alpha value is -1.34. The summed E-state index contributed by atoms with van der Waals surface area (Å²) in [6.07, 6.45) is 7.40. The Morgan fingerprint density at radius 2 is 1.74 bits per heavy atom. The first kappa shape index (κ1) is 14.1. The first-order valence-electron chi connectivity index (χ1n) is 7.16. The second-order valence-electron chi connectivity index (χ2n) is 5.80. The standard InChI is InChI=1S/C18H24O/c1-13-4-8-16(9-5-13)12-18(15(3)19)17-10-6-14(2)7-11-17/h4,6-8,10-11,15,18-19H,5,9,12H2,1-3H3. The predicted molar refractivity (Wildman–Crippen MR) is 81.3 cm³/mol. The Labute approximate surface area is 116 Å². The minimum atomic E-state index is -0.310. The zero-order valence-electron chi connectivity index (χ0n) is 12.2. The maximum absolute atomic E-state index is 10.1. The lowest BCUT2D eigenvalue weighted by Gasteiger charge is -2.23. The molecule has 2 unspecified atom stereocenters. The molecule has 19 heavy (non-hydrogen) atoms. The highest BCUT2D eigenvalue weighted by atomic mass is 16.3. The van der Waals surface area contributed by atoms with Crippen LogP contribution in [0.4, 0.5) is 0 Å². The normalized spacial score (nSPS) is 18.5. The van der Waals surface area contributed by atoms with Crippen LogP contribution in [0.5, 0.6) is 0 Å². The van der Waals surface area contributed by atoms with Gasteiger partial charge in [0, 0.05) is 5.92 Å². The number of aliphatic hydroxyl groups is 1. The van der Waals surface area contributed by atoms with E-state index in [4.69, 9.17) is 0 Å². The van der Waals surface area contributed by atoms with Gasteiger partial charge in [0.2, 0.25) is 0 Å². The molecule has 0 radical (unpaired) electrons. The van der Waals surface area contributed by atoms with Crippen LogP contribution in [0.25, 0.3) is 0 Å². The fourth-order valence-corrected chi connectivity index (χ4v) is 2.62. The minimum Gasteiger partial charge on any atom is -0.393 e. The molecule has 102 valence electrons. The summed E-state index contributed by atoms with van der Waals surface area (Å²) in [6, 6.07) is 8.56. The van der Waals surface area contributed by atoms with E-state index in [1.807, 2.05) is 6.92 Å². The number of aliphatic hydroxyl groups excluding tert-OH is 1. The van der Waals surface area contributed by atoms with Gasteiger partial charge < -0.3 is 5.11 Å². The monoisotopic (exact) mass is 256 g/mol. The van der Waals surface area contributed by atoms with Crippen LogP contribution >= 0.6 is 0 Å². The van der Waals surface area contributed by atoms with Crippen molar-refractivity contribution in [1.82, 2.24) is 0 Å². The molecule has 0 fully saturated rings. The highest BCUT2D eigenvalue weighted by Gasteiger charge is 2.19. The van der Waals surface area contributed by atoms with Gasteiger partial charge in [-0.25, -0.2) is 0 Å². The molecular weight excluding hydrogens is 232 g/mol. The lowest BCUT2D eigenvalue weighted by Crippen LogP contribution is -2.16. The molecule has 0 saturated heterocycles. The molecule has 1 aliphatic rings. The van der Waals surface area contributed by atoms with Gasteiger partial charge in [-0.1, -0.05) is 53.1 Å². The van der Waals surface area contributed by atoms with Crippen molar-refractivity contribution in [2.45, 2.75) is 52.1 Å². The Morgan fingerprint density at radius 3 is 2.26 bits per heavy atom. The van der Waals surface area contributed by atoms with E-state index in [2.05, 4.69) is 50.3 Å². The van der Waals surface area contributed by atoms with E-state index in [1.165, 1.54) is 22.3 Å². The SMILES string of the molecule is CC1=CC=C(CC(c2ccc(C)cc2)C(C)O)CC1. The molecule has 1 heteroatoms. The molecule has 2 rings (SSSR count). The van der Waals surface area contributed by atoms with Gasteiger partial charge in [0.15, 0.2) is 0 Å². The zero-order chi connectivity index (χ0) is 13.8. The van der Waals surface area contributed by atoms with Gasteiger partial charge in [-0.3, -0.25) is 0 Å². The molecule has 0 saturated carbocycles. The van der Waals surface area contributed by atoms with Gasteiger partial charge in [0.25, 0.3) is 0 Å². The van der Waals surface area contributed by atoms with Crippen LogP contribution < -0.4 is 0 Å². The third kappa shape index (κ3) is 3.81. The van der Waals surface area contributed by atoms with E-state index in [0.29, 0.717) is 0 Å². The lowest BCUT2D eigenvalue weighted by atomic mass is 9.84. The molecule has 1 N–H and O–H groups in total. The van der Waals surface area contributed by atoms with Crippen LogP contribution in [0.15, 0.2) is 47.6 Å². The molecule has 0 aromatic heterocycles. The number of allylic oxidation sites excluding steroid dienone is 4. The highest BCUT2D eigenvalue weighted by Crippen LogP contribution is 2.31. The van der Waals surface area contributed by atoms with Gasteiger partial charge in [-0.05, 0) is 45.6 Å². The molecule has 1 aromatic rings. The summed E-state index contributed by atoms with van der Waals surface area (Å²) in [4.78, 5) is 0. The topological polar surface area (TPSA) is 20.2 Å². The Kier molecular flexibility index (Phi) is 4.60. The number of rotatable bonds is 4. The minimum absolute atomic E-state index is 0.207. The van der Waals surface area contributed by atoms with Crippen LogP contribution in [0, 0.1) is 6.92 Å². The fourth-order valence-electron chi connectivity index (χ4n) is 2.62. The van der Waals surface area contributed by atoms with Crippen molar-refractivity contribution in [3.8, 4) is 0 Å². The van der Waals surface area contributed by atoms with E-state index >= 15 is 0 Å². The van der Waals surface area contributed by atoms with E-state index in [-0.39, 0.29) is 12.0 Å². The predicted octanol–water partition coefficient (Wildman–Crippen LogP) is 4.52. The summed E-state index contributed by atoms with van der Waals surface area (Å²) in [5.41, 5.74) is 5.42. The highest BCUT2D eigenvalue weighted by molar-refractivity contribution is 5.29. The number of benzene rings is 1. The van der Waals surface area contributed by atoms with Crippen LogP contribution in [0.2, 0.25) is 0 Å². The Morgan fingerprint density at radius 1 is 1.05 bits per heavy atom. The quantitative estimate of drug-likeness (QED) is 0.840. The molecule has 1 nitrogen and oxygen atoms in total. The van der Waals surface area contributed by atoms with Gasteiger partial charge in [-0.15, -0.1) is 0 Å². The van der Waals surface area contributed by atoms with Crippen LogP contribution in [0.3, 0.4) is 0 Å². The molecule has 1 aliphatic carbocycles. The second-order valence-corrected chi connectivity index (χ2v) is 5.80. The average Bonchev–Trinajstić information content (AvgIpc) is 2.39. The van der Waals surface area contributed by atoms with Crippen LogP contribution in [-0.2, 0) is 0 Å². The smallest absolute Gasteiger partial charge is 0.0583 e. The van der Waals surface area contributed by atoms with Gasteiger partial charge >= 0.3 is 0 Å². The number of hydrogen-bond donors (Lipinski definition) is 1. The maximum atomic E-state index is 10.1. The molecule has 0 heterocycles. The van der Waals surface area contributed by atoms with Crippen LogP contribution in [0.1, 0.15) is 50.2 Å². The van der Waals surface area contributed by atoms with Crippen molar-refractivity contribution >= 4 is 0 Å². The molecule has 2 atom stereocenters. The first-order chi connectivity index (χ1) is 9.06. The van der Waals surface area contributed by atoms with Gasteiger partial charge in [-0.2, -0.15) is 0 Å². The first-order valence-corrected chi connectivity index (χ1v) is 7.16. The molecule has 0 aliphatic heterocycles. The fraction of sp³-hybridized carbons (Fsp3) is 0.444. The van der Waals surface area contributed by atoms with Crippen molar-refractivity contribution in [2.24, 2.45) is 0 Å². The molecule has 0 amide bonds. The second kappa shape index (κ2) is 6.21. The van der Waals surface area contributed by atoms with Crippen molar-refractivity contribution in [3.63, 3.8) is 0 Å². The third-order valence-electron chi connectivity index (χ3n) is 4.01. The van der Waals surface area contributed by atoms with Crippen LogP contribution in [-0.4, -0.2) is 11.2 Å². The summed E-state index contributed by atoms with van der Waals surface area (Å²) >= 11 is 0. The maximum Gasteiger partial charge on any atom is 0.0583 e. The molecule has 1 aromatic carbocycles. The Bertz CT molecular complexity index is 477. The van der Waals surface area contributed by atoms with E-state index in [1.54, 1.807) is 0 Å². The lowest BCUT2D eigenvalue weighted by molar-refractivity contribution is 0.161. The van der Waals surface area contributed by atoms with Crippen molar-refractivity contribution in [2.75, 3.05) is 0 Å². The zero-order valence-corrected chi connectivity index (χ0v) is 12.2. The molecular formula is C18H24O. The van der Waals surface area contributed by atoms with Crippen molar-refractivity contribution in [1.29, 1.82) is 0 Å². The summed E-state index contributed by atoms with van der Waals surface area (Å²) in [5, 5.41) is 10.1. The van der Waals surface area contributed by atoms with E-state index in [0.717, 1.165) is 19.3 Å². The van der Waals surface area contributed by atoms with Gasteiger partial charge in [0.05, 0.1) is 6.10 Å². The average molecular weight is 256 g/mol. The number of hydrogen-bond acceptors (Lipinski definition) is 1. The van der Waals surface area contributed by atoms with E-state index < -0.39 is 0 Å². The summed E-state index contributed by atoms with van der Waals surface area (Å²) in [7, 11) is 0. The Balaban J connectivity index is 2.15. The number of aryl methyl sites for hydroxylation is 1. The summed E-state index contributed by atoms with van der Waals surface area (Å²) in [6.45, 7) is 6.17. The van der Waals surface area contributed by atoms with Gasteiger partial charge in [0.1, 0.15) is 0 Å². The summed E-state index contributed by atoms with van der Waals surface area (Å²) in [5.74, 6) is 0.207. The van der Waals surface area contributed by atoms with Crippen molar-refractivity contribution in [3.05, 3.63) is 58.7 Å². The summed E-state index contributed by atoms with van der Waals surface area (Å²) < 4.78 is 0. The largest absolute Gasteiger partial charge is 0.393 e. The van der Waals surface area contributed by atoms with E-state index in [9.17, 15) is 5.11 Å².